The number of pyridine rings is 1. The number of anilines is 1. The molecule has 1 aromatic carbocycles. The molecule has 1 atom stereocenters. The Labute approximate surface area is 157 Å². The van der Waals surface area contributed by atoms with E-state index in [9.17, 15) is 4.79 Å². The molecule has 1 amide bonds. The predicted octanol–water partition coefficient (Wildman–Crippen LogP) is 3.73. The Bertz CT molecular complexity index is 809. The lowest BCUT2D eigenvalue weighted by molar-refractivity contribution is -0.115. The lowest BCUT2D eigenvalue weighted by Crippen LogP contribution is -2.32. The van der Waals surface area contributed by atoms with E-state index in [1.165, 1.54) is 11.3 Å². The molecule has 2 heterocycles. The van der Waals surface area contributed by atoms with Gasteiger partial charge < -0.3 is 5.32 Å². The molecule has 3 aromatic rings. The normalized spacial score (nSPS) is 11.9. The van der Waals surface area contributed by atoms with Crippen molar-refractivity contribution < 1.29 is 4.79 Å². The first-order valence-electron chi connectivity index (χ1n) is 8.62. The van der Waals surface area contributed by atoms with Crippen molar-refractivity contribution in [3.05, 3.63) is 76.6 Å². The smallest absolute Gasteiger partial charge is 0.240 e. The van der Waals surface area contributed by atoms with Crippen LogP contribution in [0.25, 0.3) is 0 Å². The minimum atomic E-state index is -0.146. The molecule has 6 heteroatoms. The van der Waals surface area contributed by atoms with E-state index in [4.69, 9.17) is 0 Å². The summed E-state index contributed by atoms with van der Waals surface area (Å²) >= 11 is 1.51. The number of amides is 1. The molecule has 0 bridgehead atoms. The maximum Gasteiger partial charge on any atom is 0.240 e. The SMILES string of the molecule is CCc1nc(NC(=O)CNC(c2ccccc2)c2ccccn2)sc1C. The molecule has 5 nitrogen and oxygen atoms in total. The summed E-state index contributed by atoms with van der Waals surface area (Å²) in [6.07, 6.45) is 2.63. The summed E-state index contributed by atoms with van der Waals surface area (Å²) < 4.78 is 0. The van der Waals surface area contributed by atoms with Crippen LogP contribution in [0.2, 0.25) is 0 Å². The fraction of sp³-hybridized carbons (Fsp3) is 0.250. The standard InChI is InChI=1S/C20H22N4OS/c1-3-16-14(2)26-20(23-16)24-18(25)13-22-19(15-9-5-4-6-10-15)17-11-7-8-12-21-17/h4-12,19,22H,3,13H2,1-2H3,(H,23,24,25). The van der Waals surface area contributed by atoms with E-state index in [0.29, 0.717) is 5.13 Å². The predicted molar refractivity (Wildman–Crippen MR) is 105 cm³/mol. The number of thiazole rings is 1. The van der Waals surface area contributed by atoms with Gasteiger partial charge in [-0.2, -0.15) is 0 Å². The molecule has 3 rings (SSSR count). The molecule has 0 saturated carbocycles. The third-order valence-corrected chi connectivity index (χ3v) is 4.99. The number of hydrogen-bond acceptors (Lipinski definition) is 5. The van der Waals surface area contributed by atoms with E-state index in [-0.39, 0.29) is 18.5 Å². The molecular formula is C20H22N4OS. The van der Waals surface area contributed by atoms with Gasteiger partial charge in [0.1, 0.15) is 0 Å². The van der Waals surface area contributed by atoms with E-state index in [1.54, 1.807) is 6.20 Å². The summed E-state index contributed by atoms with van der Waals surface area (Å²) in [5, 5.41) is 6.84. The Balaban J connectivity index is 1.68. The molecule has 0 fully saturated rings. The van der Waals surface area contributed by atoms with E-state index in [0.717, 1.165) is 28.2 Å². The van der Waals surface area contributed by atoms with Crippen molar-refractivity contribution in [2.75, 3.05) is 11.9 Å². The minimum absolute atomic E-state index is 0.113. The molecule has 0 aliphatic heterocycles. The van der Waals surface area contributed by atoms with Crippen LogP contribution in [0.15, 0.2) is 54.7 Å². The number of nitrogens with zero attached hydrogens (tertiary/aromatic N) is 2. The van der Waals surface area contributed by atoms with Crippen LogP contribution in [0, 0.1) is 6.92 Å². The molecule has 0 radical (unpaired) electrons. The van der Waals surface area contributed by atoms with Gasteiger partial charge in [0, 0.05) is 11.1 Å². The number of aryl methyl sites for hydroxylation is 2. The van der Waals surface area contributed by atoms with E-state index < -0.39 is 0 Å². The zero-order chi connectivity index (χ0) is 18.4. The molecule has 0 aliphatic carbocycles. The van der Waals surface area contributed by atoms with Gasteiger partial charge in [-0.25, -0.2) is 4.98 Å². The monoisotopic (exact) mass is 366 g/mol. The van der Waals surface area contributed by atoms with Gasteiger partial charge in [0.05, 0.1) is 24.0 Å². The maximum absolute atomic E-state index is 12.4. The molecule has 134 valence electrons. The highest BCUT2D eigenvalue weighted by molar-refractivity contribution is 7.15. The third-order valence-electron chi connectivity index (χ3n) is 4.06. The first-order valence-corrected chi connectivity index (χ1v) is 9.44. The number of nitrogens with one attached hydrogen (secondary N) is 2. The van der Waals surface area contributed by atoms with Gasteiger partial charge in [-0.05, 0) is 31.0 Å². The van der Waals surface area contributed by atoms with Gasteiger partial charge in [0.25, 0.3) is 0 Å². The van der Waals surface area contributed by atoms with Crippen molar-refractivity contribution in [2.45, 2.75) is 26.3 Å². The van der Waals surface area contributed by atoms with E-state index in [2.05, 4.69) is 27.5 Å². The second kappa shape index (κ2) is 8.69. The van der Waals surface area contributed by atoms with Crippen molar-refractivity contribution in [1.82, 2.24) is 15.3 Å². The third kappa shape index (κ3) is 4.53. The maximum atomic E-state index is 12.4. The zero-order valence-electron chi connectivity index (χ0n) is 14.9. The fourth-order valence-electron chi connectivity index (χ4n) is 2.75. The van der Waals surface area contributed by atoms with Crippen LogP contribution in [0.4, 0.5) is 5.13 Å². The molecule has 0 saturated heterocycles. The largest absolute Gasteiger partial charge is 0.301 e. The second-order valence-corrected chi connectivity index (χ2v) is 7.11. The van der Waals surface area contributed by atoms with Crippen LogP contribution in [0.1, 0.15) is 34.8 Å². The van der Waals surface area contributed by atoms with Crippen molar-refractivity contribution >= 4 is 22.4 Å². The van der Waals surface area contributed by atoms with Crippen molar-refractivity contribution in [3.63, 3.8) is 0 Å². The highest BCUT2D eigenvalue weighted by Gasteiger charge is 2.16. The Kier molecular flexibility index (Phi) is 6.09. The summed E-state index contributed by atoms with van der Waals surface area (Å²) in [6, 6.07) is 15.6. The van der Waals surface area contributed by atoms with Crippen molar-refractivity contribution in [1.29, 1.82) is 0 Å². The average molecular weight is 366 g/mol. The highest BCUT2D eigenvalue weighted by atomic mass is 32.1. The molecule has 1 unspecified atom stereocenters. The number of rotatable bonds is 7. The topological polar surface area (TPSA) is 66.9 Å². The zero-order valence-corrected chi connectivity index (χ0v) is 15.7. The van der Waals surface area contributed by atoms with Gasteiger partial charge in [0.15, 0.2) is 5.13 Å². The quantitative estimate of drug-likeness (QED) is 0.669. The molecule has 0 aliphatic rings. The second-order valence-electron chi connectivity index (χ2n) is 5.90. The minimum Gasteiger partial charge on any atom is -0.301 e. The summed E-state index contributed by atoms with van der Waals surface area (Å²) in [6.45, 7) is 4.26. The fourth-order valence-corrected chi connectivity index (χ4v) is 3.67. The molecule has 0 spiro atoms. The van der Waals surface area contributed by atoms with Crippen LogP contribution in [0.5, 0.6) is 0 Å². The van der Waals surface area contributed by atoms with Gasteiger partial charge in [-0.1, -0.05) is 43.3 Å². The Hall–Kier alpha value is -2.57. The van der Waals surface area contributed by atoms with Gasteiger partial charge in [-0.15, -0.1) is 11.3 Å². The summed E-state index contributed by atoms with van der Waals surface area (Å²) in [5.74, 6) is -0.113. The molecule has 2 N–H and O–H groups in total. The lowest BCUT2D eigenvalue weighted by atomic mass is 10.0. The number of carbonyl (C=O) groups excluding carboxylic acids is 1. The van der Waals surface area contributed by atoms with Crippen molar-refractivity contribution in [3.8, 4) is 0 Å². The average Bonchev–Trinajstić information content (AvgIpc) is 3.03. The molecule has 2 aromatic heterocycles. The summed E-state index contributed by atoms with van der Waals surface area (Å²) in [5.41, 5.74) is 2.98. The first kappa shape index (κ1) is 18.2. The van der Waals surface area contributed by atoms with Gasteiger partial charge in [-0.3, -0.25) is 15.1 Å². The van der Waals surface area contributed by atoms with Gasteiger partial charge >= 0.3 is 0 Å². The number of aromatic nitrogens is 2. The van der Waals surface area contributed by atoms with Crippen LogP contribution < -0.4 is 10.6 Å². The van der Waals surface area contributed by atoms with Gasteiger partial charge in [0.2, 0.25) is 5.91 Å². The first-order chi connectivity index (χ1) is 12.7. The number of hydrogen-bond donors (Lipinski definition) is 2. The van der Waals surface area contributed by atoms with E-state index in [1.807, 2.05) is 55.5 Å². The number of carbonyl (C=O) groups is 1. The molecule has 26 heavy (non-hydrogen) atoms. The highest BCUT2D eigenvalue weighted by Crippen LogP contribution is 2.23. The Morgan fingerprint density at radius 2 is 1.92 bits per heavy atom. The van der Waals surface area contributed by atoms with Crippen LogP contribution in [-0.4, -0.2) is 22.4 Å². The van der Waals surface area contributed by atoms with E-state index >= 15 is 0 Å². The summed E-state index contributed by atoms with van der Waals surface area (Å²) in [4.78, 5) is 22.4. The Morgan fingerprint density at radius 1 is 1.15 bits per heavy atom. The van der Waals surface area contributed by atoms with Crippen LogP contribution >= 0.6 is 11.3 Å². The molecular weight excluding hydrogens is 344 g/mol. The van der Waals surface area contributed by atoms with Crippen LogP contribution in [0.3, 0.4) is 0 Å². The summed E-state index contributed by atoms with van der Waals surface area (Å²) in [7, 11) is 0. The number of benzene rings is 1. The Morgan fingerprint density at radius 3 is 2.58 bits per heavy atom. The lowest BCUT2D eigenvalue weighted by Gasteiger charge is -2.18. The van der Waals surface area contributed by atoms with Crippen molar-refractivity contribution in [2.24, 2.45) is 0 Å². The van der Waals surface area contributed by atoms with Crippen LogP contribution in [-0.2, 0) is 11.2 Å².